The SMILES string of the molecule is Nc1cc(C(=O)NN2CCCCC2)ccc1Br. The lowest BCUT2D eigenvalue weighted by Gasteiger charge is -2.26. The monoisotopic (exact) mass is 297 g/mol. The summed E-state index contributed by atoms with van der Waals surface area (Å²) in [6, 6.07) is 5.24. The molecule has 3 N–H and O–H groups in total. The number of hydrazine groups is 1. The van der Waals surface area contributed by atoms with E-state index in [2.05, 4.69) is 21.4 Å². The van der Waals surface area contributed by atoms with Gasteiger partial charge >= 0.3 is 0 Å². The Morgan fingerprint density at radius 1 is 1.29 bits per heavy atom. The topological polar surface area (TPSA) is 58.4 Å². The highest BCUT2D eigenvalue weighted by Gasteiger charge is 2.14. The molecule has 92 valence electrons. The van der Waals surface area contributed by atoms with E-state index in [1.807, 2.05) is 5.01 Å². The molecule has 5 heteroatoms. The van der Waals surface area contributed by atoms with Crippen LogP contribution in [-0.4, -0.2) is 24.0 Å². The van der Waals surface area contributed by atoms with Crippen LogP contribution in [0.1, 0.15) is 29.6 Å². The van der Waals surface area contributed by atoms with Gasteiger partial charge in [0.2, 0.25) is 0 Å². The van der Waals surface area contributed by atoms with Gasteiger partial charge < -0.3 is 5.73 Å². The van der Waals surface area contributed by atoms with Gasteiger partial charge in [0, 0.05) is 28.8 Å². The molecule has 17 heavy (non-hydrogen) atoms. The molecule has 1 aliphatic heterocycles. The molecule has 0 unspecified atom stereocenters. The Labute approximate surface area is 109 Å². The fraction of sp³-hybridized carbons (Fsp3) is 0.417. The Morgan fingerprint density at radius 2 is 2.00 bits per heavy atom. The van der Waals surface area contributed by atoms with E-state index in [1.165, 1.54) is 6.42 Å². The molecule has 2 rings (SSSR count). The number of hydrogen-bond acceptors (Lipinski definition) is 3. The molecule has 1 fully saturated rings. The van der Waals surface area contributed by atoms with Crippen LogP contribution in [0.25, 0.3) is 0 Å². The predicted molar refractivity (Wildman–Crippen MR) is 71.4 cm³/mol. The maximum atomic E-state index is 12.0. The largest absolute Gasteiger partial charge is 0.398 e. The van der Waals surface area contributed by atoms with Crippen LogP contribution in [0.5, 0.6) is 0 Å². The van der Waals surface area contributed by atoms with Crippen LogP contribution in [0.3, 0.4) is 0 Å². The van der Waals surface area contributed by atoms with Crippen molar-refractivity contribution in [3.63, 3.8) is 0 Å². The molecular formula is C12H16BrN3O. The molecule has 0 radical (unpaired) electrons. The van der Waals surface area contributed by atoms with Crippen molar-refractivity contribution >= 4 is 27.5 Å². The van der Waals surface area contributed by atoms with Crippen LogP contribution in [-0.2, 0) is 0 Å². The minimum atomic E-state index is -0.0916. The molecular weight excluding hydrogens is 282 g/mol. The van der Waals surface area contributed by atoms with Gasteiger partial charge in [-0.25, -0.2) is 5.01 Å². The molecule has 1 saturated heterocycles. The summed E-state index contributed by atoms with van der Waals surface area (Å²) >= 11 is 3.31. The first-order valence-electron chi connectivity index (χ1n) is 5.78. The summed E-state index contributed by atoms with van der Waals surface area (Å²) in [5.41, 5.74) is 9.83. The lowest BCUT2D eigenvalue weighted by molar-refractivity contribution is 0.0750. The maximum Gasteiger partial charge on any atom is 0.265 e. The third-order valence-electron chi connectivity index (χ3n) is 2.87. The number of nitrogens with zero attached hydrogens (tertiary/aromatic N) is 1. The van der Waals surface area contributed by atoms with Gasteiger partial charge in [0.15, 0.2) is 0 Å². The van der Waals surface area contributed by atoms with Crippen LogP contribution in [0.15, 0.2) is 22.7 Å². The average Bonchev–Trinajstić information content (AvgIpc) is 2.34. The predicted octanol–water partition coefficient (Wildman–Crippen LogP) is 2.16. The molecule has 0 saturated carbocycles. The maximum absolute atomic E-state index is 12.0. The number of benzene rings is 1. The molecule has 1 heterocycles. The molecule has 0 aliphatic carbocycles. The number of piperidine rings is 1. The van der Waals surface area contributed by atoms with E-state index >= 15 is 0 Å². The molecule has 1 aromatic rings. The van der Waals surface area contributed by atoms with E-state index in [9.17, 15) is 4.79 Å². The first-order chi connectivity index (χ1) is 8.16. The number of nitrogens with two attached hydrogens (primary N) is 1. The quantitative estimate of drug-likeness (QED) is 0.823. The average molecular weight is 298 g/mol. The molecule has 4 nitrogen and oxygen atoms in total. The van der Waals surface area contributed by atoms with Gasteiger partial charge in [0.1, 0.15) is 0 Å². The summed E-state index contributed by atoms with van der Waals surface area (Å²) < 4.78 is 0.812. The summed E-state index contributed by atoms with van der Waals surface area (Å²) in [6.07, 6.45) is 3.53. The Morgan fingerprint density at radius 3 is 2.65 bits per heavy atom. The van der Waals surface area contributed by atoms with Crippen LogP contribution in [0, 0.1) is 0 Å². The number of carbonyl (C=O) groups excluding carboxylic acids is 1. The van der Waals surface area contributed by atoms with Gasteiger partial charge in [-0.1, -0.05) is 6.42 Å². The van der Waals surface area contributed by atoms with E-state index < -0.39 is 0 Å². The van der Waals surface area contributed by atoms with Gasteiger partial charge in [0.05, 0.1) is 0 Å². The number of nitrogen functional groups attached to an aromatic ring is 1. The molecule has 1 aliphatic rings. The van der Waals surface area contributed by atoms with Crippen LogP contribution >= 0.6 is 15.9 Å². The van der Waals surface area contributed by atoms with Crippen LogP contribution in [0.4, 0.5) is 5.69 Å². The van der Waals surface area contributed by atoms with Gasteiger partial charge in [-0.15, -0.1) is 0 Å². The molecule has 0 bridgehead atoms. The van der Waals surface area contributed by atoms with Crippen molar-refractivity contribution < 1.29 is 4.79 Å². The van der Waals surface area contributed by atoms with E-state index in [0.717, 1.165) is 30.4 Å². The molecule has 0 atom stereocenters. The van der Waals surface area contributed by atoms with E-state index in [-0.39, 0.29) is 5.91 Å². The zero-order valence-corrected chi connectivity index (χ0v) is 11.2. The van der Waals surface area contributed by atoms with Crippen molar-refractivity contribution in [3.05, 3.63) is 28.2 Å². The highest BCUT2D eigenvalue weighted by molar-refractivity contribution is 9.10. The number of hydrogen-bond donors (Lipinski definition) is 2. The number of rotatable bonds is 2. The first-order valence-corrected chi connectivity index (χ1v) is 6.57. The zero-order valence-electron chi connectivity index (χ0n) is 9.58. The summed E-state index contributed by atoms with van der Waals surface area (Å²) in [5.74, 6) is -0.0916. The third kappa shape index (κ3) is 3.20. The van der Waals surface area contributed by atoms with Gasteiger partial charge in [0.25, 0.3) is 5.91 Å². The van der Waals surface area contributed by atoms with Crippen molar-refractivity contribution in [2.75, 3.05) is 18.8 Å². The normalized spacial score (nSPS) is 16.8. The van der Waals surface area contributed by atoms with Crippen LogP contribution in [0.2, 0.25) is 0 Å². The molecule has 1 aromatic carbocycles. The number of nitrogens with one attached hydrogen (secondary N) is 1. The Hall–Kier alpha value is -1.07. The summed E-state index contributed by atoms with van der Waals surface area (Å²) in [5, 5.41) is 1.98. The number of anilines is 1. The van der Waals surface area contributed by atoms with Crippen molar-refractivity contribution in [2.45, 2.75) is 19.3 Å². The van der Waals surface area contributed by atoms with Crippen LogP contribution < -0.4 is 11.2 Å². The molecule has 0 aromatic heterocycles. The molecule has 1 amide bonds. The van der Waals surface area contributed by atoms with E-state index in [1.54, 1.807) is 18.2 Å². The fourth-order valence-corrected chi connectivity index (χ4v) is 2.15. The molecule has 0 spiro atoms. The van der Waals surface area contributed by atoms with Crippen molar-refractivity contribution in [1.29, 1.82) is 0 Å². The Balaban J connectivity index is 2.01. The highest BCUT2D eigenvalue weighted by Crippen LogP contribution is 2.20. The van der Waals surface area contributed by atoms with Crippen molar-refractivity contribution in [1.82, 2.24) is 10.4 Å². The minimum Gasteiger partial charge on any atom is -0.398 e. The highest BCUT2D eigenvalue weighted by atomic mass is 79.9. The second-order valence-corrected chi connectivity index (χ2v) is 5.08. The Kier molecular flexibility index (Phi) is 4.02. The summed E-state index contributed by atoms with van der Waals surface area (Å²) in [6.45, 7) is 1.86. The minimum absolute atomic E-state index is 0.0916. The zero-order chi connectivity index (χ0) is 12.3. The van der Waals surface area contributed by atoms with Gasteiger partial charge in [-0.2, -0.15) is 0 Å². The second-order valence-electron chi connectivity index (χ2n) is 4.22. The van der Waals surface area contributed by atoms with Gasteiger partial charge in [-0.3, -0.25) is 10.2 Å². The standard InChI is InChI=1S/C12H16BrN3O/c13-10-5-4-9(8-11(10)14)12(17)15-16-6-2-1-3-7-16/h4-5,8H,1-3,6-7,14H2,(H,15,17). The Bertz CT molecular complexity index is 416. The summed E-state index contributed by atoms with van der Waals surface area (Å²) in [7, 11) is 0. The van der Waals surface area contributed by atoms with Crippen molar-refractivity contribution in [2.24, 2.45) is 0 Å². The third-order valence-corrected chi connectivity index (χ3v) is 3.60. The second kappa shape index (κ2) is 5.51. The lowest BCUT2D eigenvalue weighted by Crippen LogP contribution is -2.45. The summed E-state index contributed by atoms with van der Waals surface area (Å²) in [4.78, 5) is 12.0. The van der Waals surface area contributed by atoms with Gasteiger partial charge in [-0.05, 0) is 47.0 Å². The van der Waals surface area contributed by atoms with E-state index in [0.29, 0.717) is 11.3 Å². The van der Waals surface area contributed by atoms with Crippen molar-refractivity contribution in [3.8, 4) is 0 Å². The number of amides is 1. The number of halogens is 1. The smallest absolute Gasteiger partial charge is 0.265 e. The lowest BCUT2D eigenvalue weighted by atomic mass is 10.1. The fourth-order valence-electron chi connectivity index (χ4n) is 1.90. The number of carbonyl (C=O) groups is 1. The first kappa shape index (κ1) is 12.4. The van der Waals surface area contributed by atoms with E-state index in [4.69, 9.17) is 5.73 Å².